The van der Waals surface area contributed by atoms with Gasteiger partial charge in [-0.15, -0.1) is 0 Å². The smallest absolute Gasteiger partial charge is 0.164 e. The summed E-state index contributed by atoms with van der Waals surface area (Å²) in [5.74, 6) is 1.97. The predicted molar refractivity (Wildman–Crippen MR) is 192 cm³/mol. The van der Waals surface area contributed by atoms with Crippen LogP contribution in [0.25, 0.3) is 94.7 Å². The predicted octanol–water partition coefficient (Wildman–Crippen LogP) is 10.8. The second kappa shape index (κ2) is 10.1. The molecular weight excluding hydrogens is 573 g/mol. The van der Waals surface area contributed by atoms with Crippen molar-refractivity contribution < 1.29 is 0 Å². The molecule has 0 atom stereocenters. The third-order valence-corrected chi connectivity index (χ3v) is 9.37. The lowest BCUT2D eigenvalue weighted by Gasteiger charge is -2.10. The van der Waals surface area contributed by atoms with Gasteiger partial charge >= 0.3 is 0 Å². The van der Waals surface area contributed by atoms with Crippen molar-refractivity contribution in [2.45, 2.75) is 0 Å². The van der Waals surface area contributed by atoms with E-state index >= 15 is 0 Å². The zero-order valence-corrected chi connectivity index (χ0v) is 25.3. The van der Waals surface area contributed by atoms with Crippen molar-refractivity contribution in [3.8, 4) is 62.1 Å². The summed E-state index contributed by atoms with van der Waals surface area (Å²) in [6.45, 7) is 0. The van der Waals surface area contributed by atoms with Crippen LogP contribution in [0.5, 0.6) is 0 Å². The highest BCUT2D eigenvalue weighted by molar-refractivity contribution is 6.29. The van der Waals surface area contributed by atoms with Crippen LogP contribution in [0, 0.1) is 0 Å². The summed E-state index contributed by atoms with van der Waals surface area (Å²) < 4.78 is 2.40. The first-order valence-corrected chi connectivity index (χ1v) is 15.9. The molecule has 4 nitrogen and oxygen atoms in total. The second-order valence-corrected chi connectivity index (χ2v) is 12.0. The van der Waals surface area contributed by atoms with E-state index in [1.54, 1.807) is 0 Å². The second-order valence-electron chi connectivity index (χ2n) is 12.0. The quantitative estimate of drug-likeness (QED) is 0.202. The minimum absolute atomic E-state index is 0.651. The fourth-order valence-corrected chi connectivity index (χ4v) is 7.31. The number of para-hydroxylation sites is 1. The molecule has 9 aromatic rings. The molecule has 0 unspecified atom stereocenters. The van der Waals surface area contributed by atoms with Gasteiger partial charge in [-0.2, -0.15) is 0 Å². The van der Waals surface area contributed by atoms with Gasteiger partial charge in [-0.1, -0.05) is 121 Å². The van der Waals surface area contributed by atoms with Crippen LogP contribution in [0.15, 0.2) is 158 Å². The summed E-state index contributed by atoms with van der Waals surface area (Å²) in [5, 5.41) is 4.98. The number of rotatable bonds is 4. The van der Waals surface area contributed by atoms with Gasteiger partial charge < -0.3 is 4.57 Å². The summed E-state index contributed by atoms with van der Waals surface area (Å²) in [4.78, 5) is 15.0. The van der Waals surface area contributed by atoms with Crippen molar-refractivity contribution in [2.24, 2.45) is 0 Å². The Morgan fingerprint density at radius 3 is 1.55 bits per heavy atom. The SMILES string of the molecule is c1ccc(-c2nc(-c3ccccc3)nc(-c3ccc4c(c3)c3c5cccc6c5c(cc3n4-c3ccccc3)-c3ccccc3-6)n2)cc1. The van der Waals surface area contributed by atoms with Gasteiger partial charge in [0, 0.05) is 33.2 Å². The first kappa shape index (κ1) is 25.9. The maximum Gasteiger partial charge on any atom is 0.164 e. The molecule has 0 amide bonds. The van der Waals surface area contributed by atoms with Gasteiger partial charge in [0.05, 0.1) is 11.0 Å². The van der Waals surface area contributed by atoms with Crippen LogP contribution in [0.1, 0.15) is 0 Å². The van der Waals surface area contributed by atoms with E-state index in [1.165, 1.54) is 49.3 Å². The molecule has 0 spiro atoms. The van der Waals surface area contributed by atoms with E-state index in [0.29, 0.717) is 17.5 Å². The Morgan fingerprint density at radius 2 is 0.894 bits per heavy atom. The highest BCUT2D eigenvalue weighted by Gasteiger charge is 2.25. The zero-order valence-electron chi connectivity index (χ0n) is 25.3. The molecule has 47 heavy (non-hydrogen) atoms. The van der Waals surface area contributed by atoms with Gasteiger partial charge in [0.2, 0.25) is 0 Å². The van der Waals surface area contributed by atoms with Crippen molar-refractivity contribution in [3.05, 3.63) is 158 Å². The maximum absolute atomic E-state index is 5.05. The fraction of sp³-hybridized carbons (Fsp3) is 0. The van der Waals surface area contributed by atoms with Crippen molar-refractivity contribution in [1.82, 2.24) is 19.5 Å². The molecule has 4 heteroatoms. The first-order chi connectivity index (χ1) is 23.3. The summed E-state index contributed by atoms with van der Waals surface area (Å²) in [6, 6.07) is 55.5. The lowest BCUT2D eigenvalue weighted by molar-refractivity contribution is 1.07. The molecular formula is C43H26N4. The van der Waals surface area contributed by atoms with Crippen molar-refractivity contribution >= 4 is 32.6 Å². The van der Waals surface area contributed by atoms with E-state index in [1.807, 2.05) is 60.7 Å². The molecule has 0 fully saturated rings. The number of hydrogen-bond acceptors (Lipinski definition) is 3. The summed E-state index contributed by atoms with van der Waals surface area (Å²) >= 11 is 0. The molecule has 0 radical (unpaired) electrons. The Morgan fingerprint density at radius 1 is 0.340 bits per heavy atom. The first-order valence-electron chi connectivity index (χ1n) is 15.9. The van der Waals surface area contributed by atoms with E-state index in [-0.39, 0.29) is 0 Å². The summed E-state index contributed by atoms with van der Waals surface area (Å²) in [6.07, 6.45) is 0. The average Bonchev–Trinajstić information content (AvgIpc) is 3.66. The topological polar surface area (TPSA) is 43.6 Å². The van der Waals surface area contributed by atoms with Crippen LogP contribution in [-0.2, 0) is 0 Å². The van der Waals surface area contributed by atoms with Crippen molar-refractivity contribution in [3.63, 3.8) is 0 Å². The third-order valence-electron chi connectivity index (χ3n) is 9.37. The molecule has 0 bridgehead atoms. The molecule has 1 aliphatic carbocycles. The number of hydrogen-bond donors (Lipinski definition) is 0. The van der Waals surface area contributed by atoms with Crippen LogP contribution in [-0.4, -0.2) is 19.5 Å². The number of nitrogens with zero attached hydrogens (tertiary/aromatic N) is 4. The Kier molecular flexibility index (Phi) is 5.54. The van der Waals surface area contributed by atoms with E-state index < -0.39 is 0 Å². The van der Waals surface area contributed by atoms with Crippen LogP contribution in [0.2, 0.25) is 0 Å². The fourth-order valence-electron chi connectivity index (χ4n) is 7.31. The highest BCUT2D eigenvalue weighted by atomic mass is 15.0. The number of benzene rings is 7. The minimum atomic E-state index is 0.651. The van der Waals surface area contributed by atoms with E-state index in [9.17, 15) is 0 Å². The Hall–Kier alpha value is -6.39. The molecule has 1 aliphatic rings. The summed E-state index contributed by atoms with van der Waals surface area (Å²) in [7, 11) is 0. The lowest BCUT2D eigenvalue weighted by atomic mass is 9.97. The van der Waals surface area contributed by atoms with E-state index in [0.717, 1.165) is 27.9 Å². The van der Waals surface area contributed by atoms with Gasteiger partial charge in [0.15, 0.2) is 17.5 Å². The number of fused-ring (bicyclic) bond motifs is 7. The normalized spacial score (nSPS) is 11.8. The lowest BCUT2D eigenvalue weighted by Crippen LogP contribution is -2.00. The van der Waals surface area contributed by atoms with Gasteiger partial charge in [-0.05, 0) is 69.4 Å². The molecule has 0 saturated carbocycles. The van der Waals surface area contributed by atoms with Crippen molar-refractivity contribution in [1.29, 1.82) is 0 Å². The van der Waals surface area contributed by atoms with Gasteiger partial charge in [-0.3, -0.25) is 0 Å². The van der Waals surface area contributed by atoms with Gasteiger partial charge in [0.25, 0.3) is 0 Å². The van der Waals surface area contributed by atoms with Gasteiger partial charge in [-0.25, -0.2) is 15.0 Å². The molecule has 2 heterocycles. The summed E-state index contributed by atoms with van der Waals surface area (Å²) in [5.41, 5.74) is 11.5. The molecule has 10 rings (SSSR count). The standard InChI is InChI=1S/C43H26N4/c1-4-13-27(14-5-1)41-44-42(28-15-6-2-7-16-28)46-43(45-41)29-23-24-37-36(25-29)40-34-22-12-21-33-31-19-10-11-20-32(31)35(39(33)34)26-38(40)47(37)30-17-8-3-9-18-30/h1-26H. The van der Waals surface area contributed by atoms with Crippen LogP contribution in [0.4, 0.5) is 0 Å². The van der Waals surface area contributed by atoms with Crippen LogP contribution >= 0.6 is 0 Å². The van der Waals surface area contributed by atoms with E-state index in [4.69, 9.17) is 15.0 Å². The maximum atomic E-state index is 5.05. The van der Waals surface area contributed by atoms with Crippen LogP contribution in [0.3, 0.4) is 0 Å². The molecule has 2 aromatic heterocycles. The van der Waals surface area contributed by atoms with Crippen molar-refractivity contribution in [2.75, 3.05) is 0 Å². The Balaban J connectivity index is 1.29. The monoisotopic (exact) mass is 598 g/mol. The molecule has 0 saturated heterocycles. The van der Waals surface area contributed by atoms with Crippen LogP contribution < -0.4 is 0 Å². The zero-order chi connectivity index (χ0) is 30.9. The molecule has 0 N–H and O–H groups in total. The molecule has 7 aromatic carbocycles. The van der Waals surface area contributed by atoms with E-state index in [2.05, 4.69) is 102 Å². The highest BCUT2D eigenvalue weighted by Crippen LogP contribution is 2.51. The molecule has 0 aliphatic heterocycles. The largest absolute Gasteiger partial charge is 0.309 e. The minimum Gasteiger partial charge on any atom is -0.309 e. The number of aromatic nitrogens is 4. The Bertz CT molecular complexity index is 2600. The third kappa shape index (κ3) is 3.92. The molecule has 218 valence electrons. The van der Waals surface area contributed by atoms with Gasteiger partial charge in [0.1, 0.15) is 0 Å². The average molecular weight is 599 g/mol. The Labute approximate surface area is 271 Å².